The van der Waals surface area contributed by atoms with E-state index in [0.717, 1.165) is 21.6 Å². The number of amides is 4. The van der Waals surface area contributed by atoms with Crippen LogP contribution in [0.3, 0.4) is 0 Å². The lowest BCUT2D eigenvalue weighted by atomic mass is 9.92. The molecule has 2 aliphatic rings. The van der Waals surface area contributed by atoms with E-state index in [0.29, 0.717) is 12.8 Å². The van der Waals surface area contributed by atoms with Gasteiger partial charge >= 0.3 is 6.03 Å². The molecule has 2 atom stereocenters. The number of urea groups is 1. The zero-order chi connectivity index (χ0) is 19.7. The molecule has 4 amide bonds. The second-order valence-electron chi connectivity index (χ2n) is 7.21. The van der Waals surface area contributed by atoms with Gasteiger partial charge in [-0.05, 0) is 29.5 Å². The van der Waals surface area contributed by atoms with E-state index in [9.17, 15) is 14.4 Å². The number of carbonyl (C=O) groups is 3. The van der Waals surface area contributed by atoms with Gasteiger partial charge in [0.2, 0.25) is 5.91 Å². The predicted octanol–water partition coefficient (Wildman–Crippen LogP) is 1.62. The summed E-state index contributed by atoms with van der Waals surface area (Å²) >= 11 is 0. The first-order valence-electron chi connectivity index (χ1n) is 9.31. The first-order valence-corrected chi connectivity index (χ1v) is 9.31. The van der Waals surface area contributed by atoms with Gasteiger partial charge in [0, 0.05) is 12.6 Å². The number of hydrogen-bond donors (Lipinski definition) is 3. The molecule has 1 heterocycles. The predicted molar refractivity (Wildman–Crippen MR) is 110 cm³/mol. The summed E-state index contributed by atoms with van der Waals surface area (Å²) in [5.74, 6) is -0.789. The zero-order valence-electron chi connectivity index (χ0n) is 15.8. The molecule has 1 saturated heterocycles. The summed E-state index contributed by atoms with van der Waals surface area (Å²) in [5.41, 5.74) is 7.81. The van der Waals surface area contributed by atoms with Crippen LogP contribution in [0.4, 0.5) is 4.79 Å². The normalized spacial score (nSPS) is 20.8. The van der Waals surface area contributed by atoms with Crippen LogP contribution < -0.4 is 16.4 Å². The Hall–Kier alpha value is -2.90. The van der Waals surface area contributed by atoms with Crippen LogP contribution in [0.2, 0.25) is 0 Å². The summed E-state index contributed by atoms with van der Waals surface area (Å²) in [6, 6.07) is 16.1. The lowest BCUT2D eigenvalue weighted by Gasteiger charge is -2.22. The van der Waals surface area contributed by atoms with E-state index in [1.165, 1.54) is 0 Å². The van der Waals surface area contributed by atoms with E-state index in [2.05, 4.69) is 10.6 Å². The van der Waals surface area contributed by atoms with Gasteiger partial charge in [0.1, 0.15) is 12.1 Å². The Balaban J connectivity index is 0.00000240. The van der Waals surface area contributed by atoms with Crippen molar-refractivity contribution in [3.8, 4) is 0 Å². The van der Waals surface area contributed by atoms with Gasteiger partial charge < -0.3 is 16.4 Å². The smallest absolute Gasteiger partial charge is 0.325 e. The van der Waals surface area contributed by atoms with Crippen molar-refractivity contribution < 1.29 is 14.4 Å². The first-order chi connectivity index (χ1) is 13.5. The molecule has 7 nitrogen and oxygen atoms in total. The summed E-state index contributed by atoms with van der Waals surface area (Å²) < 4.78 is 0. The number of hydrogen-bond acceptors (Lipinski definition) is 4. The number of nitrogens with two attached hydrogens (primary N) is 1. The van der Waals surface area contributed by atoms with Gasteiger partial charge in [0.15, 0.2) is 0 Å². The van der Waals surface area contributed by atoms with Gasteiger partial charge in [0.05, 0.1) is 0 Å². The molecule has 1 aliphatic carbocycles. The monoisotopic (exact) mass is 414 g/mol. The highest BCUT2D eigenvalue weighted by atomic mass is 35.5. The molecule has 0 bridgehead atoms. The molecule has 8 heteroatoms. The summed E-state index contributed by atoms with van der Waals surface area (Å²) in [6.45, 7) is -0.101. The van der Waals surface area contributed by atoms with Crippen LogP contribution in [-0.4, -0.2) is 35.8 Å². The van der Waals surface area contributed by atoms with Gasteiger partial charge in [-0.1, -0.05) is 54.6 Å². The van der Waals surface area contributed by atoms with Gasteiger partial charge in [-0.25, -0.2) is 4.79 Å². The van der Waals surface area contributed by atoms with E-state index in [4.69, 9.17) is 5.73 Å². The number of halogens is 1. The maximum Gasteiger partial charge on any atom is 0.325 e. The number of aryl methyl sites for hydroxylation is 1. The fraction of sp³-hybridized carbons (Fsp3) is 0.286. The summed E-state index contributed by atoms with van der Waals surface area (Å²) in [5, 5.41) is 5.52. The highest BCUT2D eigenvalue weighted by Crippen LogP contribution is 2.41. The highest BCUT2D eigenvalue weighted by molar-refractivity contribution is 6.09. The molecule has 1 spiro atoms. The van der Waals surface area contributed by atoms with Gasteiger partial charge in [-0.3, -0.25) is 14.5 Å². The zero-order valence-corrected chi connectivity index (χ0v) is 16.6. The fourth-order valence-electron chi connectivity index (χ4n) is 3.97. The Bertz CT molecular complexity index is 937. The third-order valence-electron chi connectivity index (χ3n) is 5.47. The number of nitrogens with one attached hydrogen (secondary N) is 2. The summed E-state index contributed by atoms with van der Waals surface area (Å²) in [6.07, 6.45) is 1.22. The largest absolute Gasteiger partial charge is 0.353 e. The summed E-state index contributed by atoms with van der Waals surface area (Å²) in [7, 11) is 0. The minimum atomic E-state index is -1.05. The van der Waals surface area contributed by atoms with Crippen LogP contribution >= 0.6 is 12.4 Å². The quantitative estimate of drug-likeness (QED) is 0.646. The van der Waals surface area contributed by atoms with Crippen LogP contribution in [-0.2, 0) is 21.5 Å². The van der Waals surface area contributed by atoms with Gasteiger partial charge in [-0.2, -0.15) is 0 Å². The van der Waals surface area contributed by atoms with E-state index in [1.54, 1.807) is 0 Å². The first kappa shape index (κ1) is 20.8. The minimum absolute atomic E-state index is 0. The van der Waals surface area contributed by atoms with Crippen molar-refractivity contribution in [2.24, 2.45) is 5.73 Å². The average Bonchev–Trinajstić information content (AvgIpc) is 3.20. The number of benzene rings is 2. The molecule has 0 aromatic heterocycles. The number of nitrogens with zero attached hydrogens (tertiary/aromatic N) is 1. The lowest BCUT2D eigenvalue weighted by molar-refractivity contribution is -0.135. The maximum absolute atomic E-state index is 13.0. The molecule has 2 aromatic carbocycles. The van der Waals surface area contributed by atoms with Crippen molar-refractivity contribution in [1.29, 1.82) is 0 Å². The number of imide groups is 1. The average molecular weight is 415 g/mol. The molecule has 1 fully saturated rings. The maximum atomic E-state index is 13.0. The molecular weight excluding hydrogens is 392 g/mol. The number of fused-ring (bicyclic) bond motifs is 2. The topological polar surface area (TPSA) is 105 Å². The molecule has 4 N–H and O–H groups in total. The fourth-order valence-corrected chi connectivity index (χ4v) is 3.97. The number of carbonyl (C=O) groups excluding carboxylic acids is 3. The van der Waals surface area contributed by atoms with Gasteiger partial charge in [0.25, 0.3) is 5.91 Å². The molecule has 29 heavy (non-hydrogen) atoms. The van der Waals surface area contributed by atoms with E-state index < -0.39 is 17.5 Å². The molecule has 0 radical (unpaired) electrons. The summed E-state index contributed by atoms with van der Waals surface area (Å²) in [4.78, 5) is 38.8. The van der Waals surface area contributed by atoms with Crippen molar-refractivity contribution >= 4 is 30.3 Å². The number of rotatable bonds is 5. The third-order valence-corrected chi connectivity index (χ3v) is 5.47. The van der Waals surface area contributed by atoms with Crippen molar-refractivity contribution in [2.75, 3.05) is 13.1 Å². The molecule has 0 saturated carbocycles. The molecule has 4 rings (SSSR count). The van der Waals surface area contributed by atoms with Crippen molar-refractivity contribution in [3.05, 3.63) is 71.3 Å². The Kier molecular flexibility index (Phi) is 5.91. The van der Waals surface area contributed by atoms with E-state index in [1.807, 2.05) is 54.6 Å². The Morgan fingerprint density at radius 3 is 2.59 bits per heavy atom. The standard InChI is InChI=1S/C21H22N4O3.ClH/c22-17(15-7-2-1-3-8-15)12-23-18(26)13-25-19(27)21(24-20(25)28)11-10-14-6-4-5-9-16(14)21;/h1-9,17H,10-13,22H2,(H,23,26)(H,24,28);1H. The van der Waals surface area contributed by atoms with Crippen LogP contribution in [0.15, 0.2) is 54.6 Å². The van der Waals surface area contributed by atoms with Crippen LogP contribution in [0.1, 0.15) is 29.2 Å². The SMILES string of the molecule is Cl.NC(CNC(=O)CN1C(=O)NC2(CCc3ccccc32)C1=O)c1ccccc1. The minimum Gasteiger partial charge on any atom is -0.353 e. The Morgan fingerprint density at radius 1 is 1.14 bits per heavy atom. The lowest BCUT2D eigenvalue weighted by Crippen LogP contribution is -2.44. The van der Waals surface area contributed by atoms with Crippen LogP contribution in [0, 0.1) is 0 Å². The molecule has 152 valence electrons. The molecule has 2 unspecified atom stereocenters. The second-order valence-corrected chi connectivity index (χ2v) is 7.21. The van der Waals surface area contributed by atoms with Crippen molar-refractivity contribution in [2.45, 2.75) is 24.4 Å². The third kappa shape index (κ3) is 3.71. The van der Waals surface area contributed by atoms with Crippen molar-refractivity contribution in [3.63, 3.8) is 0 Å². The molecule has 2 aromatic rings. The second kappa shape index (κ2) is 8.23. The van der Waals surface area contributed by atoms with E-state index in [-0.39, 0.29) is 37.4 Å². The van der Waals surface area contributed by atoms with Crippen molar-refractivity contribution in [1.82, 2.24) is 15.5 Å². The van der Waals surface area contributed by atoms with E-state index >= 15 is 0 Å². The highest BCUT2D eigenvalue weighted by Gasteiger charge is 2.55. The van der Waals surface area contributed by atoms with Gasteiger partial charge in [-0.15, -0.1) is 12.4 Å². The molecule has 1 aliphatic heterocycles. The Labute approximate surface area is 175 Å². The Morgan fingerprint density at radius 2 is 1.83 bits per heavy atom. The van der Waals surface area contributed by atoms with Crippen LogP contribution in [0.5, 0.6) is 0 Å². The van der Waals surface area contributed by atoms with Crippen LogP contribution in [0.25, 0.3) is 0 Å². The molecular formula is C21H23ClN4O3.